The Labute approximate surface area is 109 Å². The molecule has 0 aliphatic rings. The molecule has 0 aliphatic heterocycles. The van der Waals surface area contributed by atoms with E-state index in [9.17, 15) is 13.2 Å². The predicted molar refractivity (Wildman–Crippen MR) is 66.2 cm³/mol. The lowest BCUT2D eigenvalue weighted by molar-refractivity contribution is 0.497. The fourth-order valence-corrected chi connectivity index (χ4v) is 1.73. The molecule has 1 N–H and O–H groups in total. The highest BCUT2D eigenvalue weighted by atomic mass is 19.2. The summed E-state index contributed by atoms with van der Waals surface area (Å²) in [6, 6.07) is 1.44. The van der Waals surface area contributed by atoms with Crippen molar-refractivity contribution in [3.05, 3.63) is 47.5 Å². The van der Waals surface area contributed by atoms with Gasteiger partial charge in [-0.1, -0.05) is 6.92 Å². The molecule has 2 rings (SSSR count). The Balaban J connectivity index is 2.05. The number of nitrogens with one attached hydrogen (secondary N) is 1. The van der Waals surface area contributed by atoms with E-state index in [1.54, 1.807) is 10.9 Å². The number of nitrogens with zero attached hydrogens (tertiary/aromatic N) is 2. The zero-order valence-electron chi connectivity index (χ0n) is 10.5. The Bertz CT molecular complexity index is 566. The summed E-state index contributed by atoms with van der Waals surface area (Å²) in [7, 11) is 0. The average molecular weight is 269 g/mol. The molecule has 1 aromatic heterocycles. The van der Waals surface area contributed by atoms with Crippen molar-refractivity contribution in [2.45, 2.75) is 26.4 Å². The summed E-state index contributed by atoms with van der Waals surface area (Å²) in [5.74, 6) is -3.10. The minimum absolute atomic E-state index is 0.194. The summed E-state index contributed by atoms with van der Waals surface area (Å²) in [6.07, 6.45) is 4.40. The first-order valence-corrected chi connectivity index (χ1v) is 6.00. The van der Waals surface area contributed by atoms with E-state index in [0.717, 1.165) is 24.6 Å². The first kappa shape index (κ1) is 13.5. The van der Waals surface area contributed by atoms with E-state index >= 15 is 0 Å². The van der Waals surface area contributed by atoms with E-state index in [1.165, 1.54) is 0 Å². The van der Waals surface area contributed by atoms with Crippen LogP contribution in [-0.4, -0.2) is 9.78 Å². The number of aryl methyl sites for hydroxylation is 1. The highest BCUT2D eigenvalue weighted by Crippen LogP contribution is 2.19. The molecule has 0 amide bonds. The summed E-state index contributed by atoms with van der Waals surface area (Å²) < 4.78 is 41.1. The standard InChI is InChI=1S/C13H14F3N3/c1-2-3-19-8-9(7-18-19)6-17-12-5-10(14)4-11(15)13(12)16/h4-5,7-8,17H,2-3,6H2,1H3. The van der Waals surface area contributed by atoms with Crippen LogP contribution in [0.2, 0.25) is 0 Å². The number of hydrogen-bond donors (Lipinski definition) is 1. The van der Waals surface area contributed by atoms with Gasteiger partial charge in [0.15, 0.2) is 11.6 Å². The highest BCUT2D eigenvalue weighted by molar-refractivity contribution is 5.45. The van der Waals surface area contributed by atoms with Crippen molar-refractivity contribution in [3.8, 4) is 0 Å². The third-order valence-corrected chi connectivity index (χ3v) is 2.62. The Kier molecular flexibility index (Phi) is 4.09. The molecule has 0 saturated heterocycles. The normalized spacial score (nSPS) is 10.7. The van der Waals surface area contributed by atoms with Crippen LogP contribution in [0, 0.1) is 17.5 Å². The molecule has 1 aromatic carbocycles. The number of hydrogen-bond acceptors (Lipinski definition) is 2. The van der Waals surface area contributed by atoms with Crippen LogP contribution in [0.25, 0.3) is 0 Å². The zero-order valence-corrected chi connectivity index (χ0v) is 10.5. The van der Waals surface area contributed by atoms with Gasteiger partial charge in [0.2, 0.25) is 0 Å². The van der Waals surface area contributed by atoms with E-state index in [1.807, 2.05) is 13.1 Å². The smallest absolute Gasteiger partial charge is 0.182 e. The van der Waals surface area contributed by atoms with Crippen LogP contribution < -0.4 is 5.32 Å². The molecule has 19 heavy (non-hydrogen) atoms. The van der Waals surface area contributed by atoms with Crippen molar-refractivity contribution < 1.29 is 13.2 Å². The summed E-state index contributed by atoms with van der Waals surface area (Å²) in [5, 5.41) is 6.77. The van der Waals surface area contributed by atoms with Crippen molar-refractivity contribution in [2.24, 2.45) is 0 Å². The minimum Gasteiger partial charge on any atom is -0.378 e. The van der Waals surface area contributed by atoms with Crippen LogP contribution in [0.5, 0.6) is 0 Å². The van der Waals surface area contributed by atoms with Crippen LogP contribution in [-0.2, 0) is 13.1 Å². The predicted octanol–water partition coefficient (Wildman–Crippen LogP) is 3.32. The molecular weight excluding hydrogens is 255 g/mol. The molecule has 0 radical (unpaired) electrons. The number of rotatable bonds is 5. The first-order valence-electron chi connectivity index (χ1n) is 6.00. The van der Waals surface area contributed by atoms with Gasteiger partial charge >= 0.3 is 0 Å². The van der Waals surface area contributed by atoms with Crippen molar-refractivity contribution in [1.82, 2.24) is 9.78 Å². The van der Waals surface area contributed by atoms with Gasteiger partial charge in [-0.25, -0.2) is 13.2 Å². The van der Waals surface area contributed by atoms with Crippen molar-refractivity contribution >= 4 is 5.69 Å². The number of benzene rings is 1. The van der Waals surface area contributed by atoms with Crippen molar-refractivity contribution in [2.75, 3.05) is 5.32 Å². The van der Waals surface area contributed by atoms with Gasteiger partial charge in [-0.05, 0) is 6.42 Å². The molecule has 102 valence electrons. The lowest BCUT2D eigenvalue weighted by Crippen LogP contribution is -2.03. The second-order valence-electron chi connectivity index (χ2n) is 4.21. The molecule has 0 unspecified atom stereocenters. The molecule has 3 nitrogen and oxygen atoms in total. The third-order valence-electron chi connectivity index (χ3n) is 2.62. The van der Waals surface area contributed by atoms with Crippen molar-refractivity contribution in [1.29, 1.82) is 0 Å². The van der Waals surface area contributed by atoms with Gasteiger partial charge in [-0.3, -0.25) is 4.68 Å². The van der Waals surface area contributed by atoms with Crippen LogP contribution in [0.4, 0.5) is 18.9 Å². The second-order valence-corrected chi connectivity index (χ2v) is 4.21. The second kappa shape index (κ2) is 5.77. The largest absolute Gasteiger partial charge is 0.378 e. The number of aromatic nitrogens is 2. The fraction of sp³-hybridized carbons (Fsp3) is 0.308. The monoisotopic (exact) mass is 269 g/mol. The lowest BCUT2D eigenvalue weighted by atomic mass is 10.2. The molecule has 1 heterocycles. The topological polar surface area (TPSA) is 29.9 Å². The summed E-state index contributed by atoms with van der Waals surface area (Å²) in [5.41, 5.74) is 0.623. The van der Waals surface area contributed by atoms with Crippen LogP contribution in [0.3, 0.4) is 0 Å². The quantitative estimate of drug-likeness (QED) is 0.844. The first-order chi connectivity index (χ1) is 9.10. The van der Waals surface area contributed by atoms with E-state index in [0.29, 0.717) is 6.07 Å². The van der Waals surface area contributed by atoms with E-state index < -0.39 is 17.5 Å². The summed E-state index contributed by atoms with van der Waals surface area (Å²) >= 11 is 0. The molecule has 2 aromatic rings. The Morgan fingerprint density at radius 3 is 2.79 bits per heavy atom. The van der Waals surface area contributed by atoms with Crippen LogP contribution >= 0.6 is 0 Å². The average Bonchev–Trinajstić information content (AvgIpc) is 2.80. The molecule has 0 bridgehead atoms. The molecule has 0 aliphatic carbocycles. The van der Waals surface area contributed by atoms with E-state index in [-0.39, 0.29) is 12.2 Å². The van der Waals surface area contributed by atoms with Crippen molar-refractivity contribution in [3.63, 3.8) is 0 Å². The third kappa shape index (κ3) is 3.27. The van der Waals surface area contributed by atoms with Gasteiger partial charge in [0.1, 0.15) is 5.82 Å². The maximum atomic E-state index is 13.4. The van der Waals surface area contributed by atoms with Crippen LogP contribution in [0.15, 0.2) is 24.5 Å². The highest BCUT2D eigenvalue weighted by Gasteiger charge is 2.10. The molecular formula is C13H14F3N3. The minimum atomic E-state index is -1.20. The molecule has 6 heteroatoms. The molecule has 0 atom stereocenters. The Morgan fingerprint density at radius 1 is 1.26 bits per heavy atom. The summed E-state index contributed by atoms with van der Waals surface area (Å²) in [6.45, 7) is 3.08. The van der Waals surface area contributed by atoms with E-state index in [4.69, 9.17) is 0 Å². The molecule has 0 saturated carbocycles. The van der Waals surface area contributed by atoms with Gasteiger partial charge in [-0.2, -0.15) is 5.10 Å². The number of anilines is 1. The van der Waals surface area contributed by atoms with Gasteiger partial charge < -0.3 is 5.32 Å². The van der Waals surface area contributed by atoms with E-state index in [2.05, 4.69) is 10.4 Å². The molecule has 0 fully saturated rings. The maximum Gasteiger partial charge on any atom is 0.182 e. The lowest BCUT2D eigenvalue weighted by Gasteiger charge is -2.07. The Morgan fingerprint density at radius 2 is 2.05 bits per heavy atom. The fourth-order valence-electron chi connectivity index (χ4n) is 1.73. The SMILES string of the molecule is CCCn1cc(CNc2cc(F)cc(F)c2F)cn1. The van der Waals surface area contributed by atoms with Gasteiger partial charge in [0.05, 0.1) is 11.9 Å². The van der Waals surface area contributed by atoms with Gasteiger partial charge in [0, 0.05) is 37.0 Å². The Hall–Kier alpha value is -1.98. The zero-order chi connectivity index (χ0) is 13.8. The van der Waals surface area contributed by atoms with Gasteiger partial charge in [-0.15, -0.1) is 0 Å². The maximum absolute atomic E-state index is 13.4. The van der Waals surface area contributed by atoms with Gasteiger partial charge in [0.25, 0.3) is 0 Å². The van der Waals surface area contributed by atoms with Crippen LogP contribution in [0.1, 0.15) is 18.9 Å². The molecule has 0 spiro atoms. The number of halogens is 3. The summed E-state index contributed by atoms with van der Waals surface area (Å²) in [4.78, 5) is 0.